The molecule has 0 fully saturated rings. The van der Waals surface area contributed by atoms with E-state index in [0.717, 1.165) is 21.9 Å². The van der Waals surface area contributed by atoms with Gasteiger partial charge < -0.3 is 4.42 Å². The second kappa shape index (κ2) is 9.44. The molecule has 1 nitrogen and oxygen atoms in total. The Kier molecular flexibility index (Phi) is 3.41. The Morgan fingerprint density at radius 1 is 0.419 bits per heavy atom. The van der Waals surface area contributed by atoms with Crippen LogP contribution in [0.3, 0.4) is 0 Å². The number of rotatable bonds is 3. The first-order chi connectivity index (χ1) is 25.9. The molecule has 0 radical (unpaired) electrons. The van der Waals surface area contributed by atoms with Gasteiger partial charge in [-0.25, -0.2) is 0 Å². The van der Waals surface area contributed by atoms with Crippen molar-refractivity contribution in [2.24, 2.45) is 0 Å². The van der Waals surface area contributed by atoms with Gasteiger partial charge in [0.1, 0.15) is 11.2 Å². The van der Waals surface area contributed by atoms with Crippen LogP contribution in [0.25, 0.3) is 87.6 Å². The molecule has 0 atom stereocenters. The second-order valence-electron chi connectivity index (χ2n) is 10.4. The highest BCUT2D eigenvalue weighted by atomic mass is 16.3. The lowest BCUT2D eigenvalue weighted by Gasteiger charge is -2.18. The molecule has 0 saturated heterocycles. The average Bonchev–Trinajstić information content (AvgIpc) is 3.59. The van der Waals surface area contributed by atoms with E-state index in [0.29, 0.717) is 16.5 Å². The Morgan fingerprint density at radius 3 is 1.79 bits per heavy atom. The molecule has 9 rings (SSSR count). The average molecular weight is 558 g/mol. The fraction of sp³-hybridized carbons (Fsp3) is 0. The molecule has 0 saturated carbocycles. The van der Waals surface area contributed by atoms with E-state index in [1.807, 2.05) is 54.6 Å². The van der Waals surface area contributed by atoms with Crippen molar-refractivity contribution in [3.63, 3.8) is 0 Å². The van der Waals surface area contributed by atoms with Crippen LogP contribution in [0, 0.1) is 0 Å². The van der Waals surface area contributed by atoms with Crippen molar-refractivity contribution in [1.29, 1.82) is 0 Å². The number of hydrogen-bond acceptors (Lipinski definition) is 1. The van der Waals surface area contributed by atoms with Gasteiger partial charge in [-0.3, -0.25) is 0 Å². The van der Waals surface area contributed by atoms with Crippen molar-refractivity contribution in [2.75, 3.05) is 0 Å². The Labute approximate surface area is 264 Å². The third kappa shape index (κ3) is 3.72. The SMILES string of the molecule is [2H]c1c(-c2c3c([2H])c([2H])c([2H])c([2H])c3c(-c3cccc(-c4cccc5ccccc45)c3)c3c([2H])c([2H])c([2H])c([2H])c23)c([2H])c2c(oc3ccccc32)c1[2H]. The largest absolute Gasteiger partial charge is 0.456 e. The zero-order chi connectivity index (χ0) is 37.9. The molecule has 1 heterocycles. The molecule has 0 aliphatic carbocycles. The van der Waals surface area contributed by atoms with Gasteiger partial charge in [0.2, 0.25) is 0 Å². The molecule has 43 heavy (non-hydrogen) atoms. The van der Waals surface area contributed by atoms with Crippen LogP contribution in [0.5, 0.6) is 0 Å². The van der Waals surface area contributed by atoms with Gasteiger partial charge in [-0.1, -0.05) is 133 Å². The van der Waals surface area contributed by atoms with Crippen molar-refractivity contribution in [1.82, 2.24) is 0 Å². The fourth-order valence-electron chi connectivity index (χ4n) is 6.14. The van der Waals surface area contributed by atoms with Gasteiger partial charge >= 0.3 is 0 Å². The van der Waals surface area contributed by atoms with Crippen molar-refractivity contribution < 1.29 is 19.5 Å². The van der Waals surface area contributed by atoms with E-state index in [4.69, 9.17) is 11.3 Å². The first kappa shape index (κ1) is 15.5. The molecule has 0 bridgehead atoms. The Bertz CT molecular complexity index is 3040. The van der Waals surface area contributed by atoms with Crippen LogP contribution in [0.1, 0.15) is 15.1 Å². The highest BCUT2D eigenvalue weighted by Gasteiger charge is 2.18. The van der Waals surface area contributed by atoms with Gasteiger partial charge in [-0.15, -0.1) is 0 Å². The minimum atomic E-state index is -0.594. The number of benzene rings is 8. The van der Waals surface area contributed by atoms with Gasteiger partial charge in [0, 0.05) is 10.8 Å². The smallest absolute Gasteiger partial charge is 0.135 e. The summed E-state index contributed by atoms with van der Waals surface area (Å²) in [6.07, 6.45) is 0. The first-order valence-corrected chi connectivity index (χ1v) is 13.9. The molecule has 0 N–H and O–H groups in total. The van der Waals surface area contributed by atoms with Gasteiger partial charge in [0.15, 0.2) is 0 Å². The predicted octanol–water partition coefficient (Wildman–Crippen LogP) is 12.0. The van der Waals surface area contributed by atoms with E-state index < -0.39 is 54.4 Å². The topological polar surface area (TPSA) is 13.1 Å². The number of hydrogen-bond donors (Lipinski definition) is 0. The van der Waals surface area contributed by atoms with Crippen LogP contribution in [-0.4, -0.2) is 0 Å². The minimum absolute atomic E-state index is 0.00534. The number of para-hydroxylation sites is 1. The summed E-state index contributed by atoms with van der Waals surface area (Å²) in [6, 6.07) is 22.6. The van der Waals surface area contributed by atoms with E-state index in [9.17, 15) is 8.22 Å². The minimum Gasteiger partial charge on any atom is -0.456 e. The fourth-order valence-corrected chi connectivity index (χ4v) is 6.14. The lowest BCUT2D eigenvalue weighted by molar-refractivity contribution is 0.669. The van der Waals surface area contributed by atoms with E-state index in [-0.39, 0.29) is 61.3 Å². The van der Waals surface area contributed by atoms with E-state index in [2.05, 4.69) is 0 Å². The summed E-state index contributed by atoms with van der Waals surface area (Å²) in [5.41, 5.74) is 2.28. The molecule has 1 aromatic heterocycles. The third-order valence-corrected chi connectivity index (χ3v) is 8.02. The van der Waals surface area contributed by atoms with E-state index in [1.165, 1.54) is 0 Å². The molecule has 8 aromatic carbocycles. The van der Waals surface area contributed by atoms with Crippen LogP contribution >= 0.6 is 0 Å². The quantitative estimate of drug-likeness (QED) is 0.197. The Hall–Kier alpha value is -5.66. The molecule has 1 heteroatoms. The standard InChI is InChI=1S/C42H26O/c1-2-15-31-27(11-1)12-10-21-32(31)28-13-9-14-29(25-28)41-34-17-3-5-19-36(34)42(37-20-6-4-18-35(37)41)30-23-24-40-38(26-30)33-16-7-8-22-39(33)43-40/h1-26H/i3D,4D,5D,6D,17D,18D,19D,20D,23D,24D,26D. The highest BCUT2D eigenvalue weighted by Crippen LogP contribution is 2.45. The van der Waals surface area contributed by atoms with Gasteiger partial charge in [0.05, 0.1) is 15.1 Å². The molecule has 9 aromatic rings. The molecule has 0 amide bonds. The summed E-state index contributed by atoms with van der Waals surface area (Å²) in [6.45, 7) is 0. The van der Waals surface area contributed by atoms with Crippen molar-refractivity contribution in [3.05, 3.63) is 157 Å². The van der Waals surface area contributed by atoms with E-state index >= 15 is 0 Å². The maximum absolute atomic E-state index is 9.56. The molecule has 0 unspecified atom stereocenters. The zero-order valence-electron chi connectivity index (χ0n) is 33.6. The molecule has 0 spiro atoms. The van der Waals surface area contributed by atoms with Crippen molar-refractivity contribution in [3.8, 4) is 33.4 Å². The van der Waals surface area contributed by atoms with Crippen LogP contribution in [0.4, 0.5) is 0 Å². The Morgan fingerprint density at radius 2 is 1.02 bits per heavy atom. The second-order valence-corrected chi connectivity index (χ2v) is 10.4. The van der Waals surface area contributed by atoms with Gasteiger partial charge in [0.25, 0.3) is 0 Å². The summed E-state index contributed by atoms with van der Waals surface area (Å²) in [5.74, 6) is 0. The normalized spacial score (nSPS) is 15.3. The molecule has 0 aliphatic rings. The molecule has 0 aliphatic heterocycles. The lowest BCUT2D eigenvalue weighted by atomic mass is 9.85. The number of furan rings is 1. The summed E-state index contributed by atoms with van der Waals surface area (Å²) in [4.78, 5) is 0. The zero-order valence-corrected chi connectivity index (χ0v) is 22.6. The number of fused-ring (bicyclic) bond motifs is 6. The van der Waals surface area contributed by atoms with Crippen molar-refractivity contribution in [2.45, 2.75) is 0 Å². The summed E-state index contributed by atoms with van der Waals surface area (Å²) < 4.78 is 106. The van der Waals surface area contributed by atoms with Crippen LogP contribution in [-0.2, 0) is 0 Å². The monoisotopic (exact) mass is 557 g/mol. The maximum Gasteiger partial charge on any atom is 0.135 e. The van der Waals surface area contributed by atoms with Crippen molar-refractivity contribution >= 4 is 54.3 Å². The van der Waals surface area contributed by atoms with Crippen LogP contribution in [0.2, 0.25) is 0 Å². The van der Waals surface area contributed by atoms with Crippen LogP contribution in [0.15, 0.2) is 162 Å². The molecular weight excluding hydrogens is 520 g/mol. The highest BCUT2D eigenvalue weighted by molar-refractivity contribution is 6.22. The molecular formula is C42H26O. The van der Waals surface area contributed by atoms with Crippen LogP contribution < -0.4 is 0 Å². The maximum atomic E-state index is 9.56. The lowest BCUT2D eigenvalue weighted by Crippen LogP contribution is -1.91. The first-order valence-electron chi connectivity index (χ1n) is 19.4. The summed E-state index contributed by atoms with van der Waals surface area (Å²) >= 11 is 0. The summed E-state index contributed by atoms with van der Waals surface area (Å²) in [5, 5.41) is 2.36. The predicted molar refractivity (Wildman–Crippen MR) is 183 cm³/mol. The van der Waals surface area contributed by atoms with Gasteiger partial charge in [-0.2, -0.15) is 0 Å². The summed E-state index contributed by atoms with van der Waals surface area (Å²) in [7, 11) is 0. The van der Waals surface area contributed by atoms with Gasteiger partial charge in [-0.05, 0) is 89.9 Å². The molecule has 200 valence electrons. The Balaban J connectivity index is 1.53. The third-order valence-electron chi connectivity index (χ3n) is 8.02. The van der Waals surface area contributed by atoms with E-state index in [1.54, 1.807) is 36.4 Å².